The highest BCUT2D eigenvalue weighted by Crippen LogP contribution is 2.41. The van der Waals surface area contributed by atoms with Crippen LogP contribution in [0.4, 0.5) is 5.82 Å². The van der Waals surface area contributed by atoms with Crippen molar-refractivity contribution in [2.45, 2.75) is 70.1 Å². The summed E-state index contributed by atoms with van der Waals surface area (Å²) in [5, 5.41) is 1.31. The van der Waals surface area contributed by atoms with Gasteiger partial charge in [0.1, 0.15) is 22.2 Å². The summed E-state index contributed by atoms with van der Waals surface area (Å²) in [5.41, 5.74) is 2.14. The summed E-state index contributed by atoms with van der Waals surface area (Å²) in [5.74, 6) is 3.36. The van der Waals surface area contributed by atoms with E-state index in [1.54, 1.807) is 7.11 Å². The van der Waals surface area contributed by atoms with Gasteiger partial charge < -0.3 is 14.5 Å². The van der Waals surface area contributed by atoms with E-state index in [4.69, 9.17) is 14.7 Å². The fourth-order valence-electron chi connectivity index (χ4n) is 6.22. The number of carbonyl (C=O) groups excluding carboxylic acids is 1. The number of amides is 1. The second-order valence-electron chi connectivity index (χ2n) is 10.5. The molecular weight excluding hydrogens is 468 g/mol. The van der Waals surface area contributed by atoms with Gasteiger partial charge in [0.2, 0.25) is 0 Å². The van der Waals surface area contributed by atoms with Crippen LogP contribution in [0, 0.1) is 0 Å². The highest BCUT2D eigenvalue weighted by Gasteiger charge is 2.30. The van der Waals surface area contributed by atoms with Gasteiger partial charge in [0.15, 0.2) is 0 Å². The largest absolute Gasteiger partial charge is 0.496 e. The third kappa shape index (κ3) is 4.47. The number of benzene rings is 1. The highest BCUT2D eigenvalue weighted by molar-refractivity contribution is 7.19. The number of anilines is 1. The summed E-state index contributed by atoms with van der Waals surface area (Å²) in [4.78, 5) is 30.9. The average molecular weight is 505 g/mol. The van der Waals surface area contributed by atoms with Crippen LogP contribution >= 0.6 is 11.3 Å². The molecule has 0 unspecified atom stereocenters. The zero-order valence-corrected chi connectivity index (χ0v) is 22.1. The molecule has 0 N–H and O–H groups in total. The molecule has 1 amide bonds. The molecule has 0 atom stereocenters. The number of para-hydroxylation sites is 1. The molecule has 1 saturated heterocycles. The summed E-state index contributed by atoms with van der Waals surface area (Å²) in [7, 11) is 1.62. The number of hydrogen-bond donors (Lipinski definition) is 0. The molecule has 6 rings (SSSR count). The van der Waals surface area contributed by atoms with Crippen molar-refractivity contribution >= 4 is 33.3 Å². The number of piperazine rings is 1. The standard InChI is InChI=1S/C29H36N4O2S/c1-35-23-14-9-8-12-21(23)29(34)33-18-16-32(17-19-33)27-25-22-13-6-3-7-15-24(22)36-28(25)31-26(30-27)20-10-4-2-5-11-20/h8-9,12,14,20H,2-7,10-11,13,15-19H2,1H3. The Morgan fingerprint density at radius 2 is 1.69 bits per heavy atom. The summed E-state index contributed by atoms with van der Waals surface area (Å²) in [6.07, 6.45) is 12.5. The molecule has 3 heterocycles. The lowest BCUT2D eigenvalue weighted by Gasteiger charge is -2.36. The van der Waals surface area contributed by atoms with Crippen molar-refractivity contribution in [3.8, 4) is 5.75 Å². The van der Waals surface area contributed by atoms with Gasteiger partial charge in [0, 0.05) is 37.0 Å². The molecule has 6 nitrogen and oxygen atoms in total. The zero-order chi connectivity index (χ0) is 24.5. The first-order chi connectivity index (χ1) is 17.7. The SMILES string of the molecule is COc1ccccc1C(=O)N1CCN(c2nc(C3CCCCC3)nc3sc4c(c23)CCCCC4)CC1. The van der Waals surface area contributed by atoms with Crippen LogP contribution in [0.15, 0.2) is 24.3 Å². The number of fused-ring (bicyclic) bond motifs is 3. The maximum atomic E-state index is 13.3. The van der Waals surface area contributed by atoms with Crippen LogP contribution in [0.25, 0.3) is 10.2 Å². The first-order valence-corrected chi connectivity index (χ1v) is 14.5. The molecule has 2 aliphatic carbocycles. The molecule has 0 spiro atoms. The molecule has 0 radical (unpaired) electrons. The lowest BCUT2D eigenvalue weighted by Crippen LogP contribution is -2.49. The van der Waals surface area contributed by atoms with Crippen molar-refractivity contribution in [3.63, 3.8) is 0 Å². The van der Waals surface area contributed by atoms with E-state index < -0.39 is 0 Å². The minimum absolute atomic E-state index is 0.0484. The number of rotatable bonds is 4. The fourth-order valence-corrected chi connectivity index (χ4v) is 7.48. The molecule has 2 fully saturated rings. The van der Waals surface area contributed by atoms with E-state index in [1.807, 2.05) is 40.5 Å². The third-order valence-electron chi connectivity index (χ3n) is 8.24. The van der Waals surface area contributed by atoms with Crippen LogP contribution in [0.3, 0.4) is 0 Å². The van der Waals surface area contributed by atoms with Crippen molar-refractivity contribution in [2.24, 2.45) is 0 Å². The number of methoxy groups -OCH3 is 1. The predicted octanol–water partition coefficient (Wildman–Crippen LogP) is 5.98. The zero-order valence-electron chi connectivity index (χ0n) is 21.3. The van der Waals surface area contributed by atoms with Crippen molar-refractivity contribution in [1.82, 2.24) is 14.9 Å². The second-order valence-corrected chi connectivity index (χ2v) is 11.5. The third-order valence-corrected chi connectivity index (χ3v) is 9.42. The number of hydrogen-bond acceptors (Lipinski definition) is 6. The Hall–Kier alpha value is -2.67. The molecule has 3 aromatic rings. The Bertz CT molecular complexity index is 1240. The number of nitrogens with zero attached hydrogens (tertiary/aromatic N) is 4. The van der Waals surface area contributed by atoms with Gasteiger partial charge >= 0.3 is 0 Å². The Morgan fingerprint density at radius 3 is 2.50 bits per heavy atom. The lowest BCUT2D eigenvalue weighted by atomic mass is 9.88. The van der Waals surface area contributed by atoms with Crippen LogP contribution in [-0.2, 0) is 12.8 Å². The molecule has 0 bridgehead atoms. The van der Waals surface area contributed by atoms with Crippen molar-refractivity contribution in [2.75, 3.05) is 38.2 Å². The van der Waals surface area contributed by atoms with Gasteiger partial charge in [0.05, 0.1) is 18.1 Å². The van der Waals surface area contributed by atoms with E-state index in [1.165, 1.54) is 78.4 Å². The van der Waals surface area contributed by atoms with E-state index in [-0.39, 0.29) is 5.91 Å². The number of aromatic nitrogens is 2. The topological polar surface area (TPSA) is 58.6 Å². The van der Waals surface area contributed by atoms with Crippen LogP contribution in [0.2, 0.25) is 0 Å². The number of carbonyl (C=O) groups is 1. The highest BCUT2D eigenvalue weighted by atomic mass is 32.1. The number of thiophene rings is 1. The molecule has 1 saturated carbocycles. The molecule has 190 valence electrons. The minimum atomic E-state index is 0.0484. The van der Waals surface area contributed by atoms with Crippen molar-refractivity contribution in [1.29, 1.82) is 0 Å². The maximum Gasteiger partial charge on any atom is 0.257 e. The molecular formula is C29H36N4O2S. The minimum Gasteiger partial charge on any atom is -0.496 e. The molecule has 1 aliphatic heterocycles. The van der Waals surface area contributed by atoms with E-state index >= 15 is 0 Å². The normalized spacial score (nSPS) is 19.2. The van der Waals surface area contributed by atoms with Gasteiger partial charge in [-0.2, -0.15) is 0 Å². The Labute approximate surface area is 217 Å². The summed E-state index contributed by atoms with van der Waals surface area (Å²) in [6.45, 7) is 2.96. The molecule has 7 heteroatoms. The molecule has 3 aliphatic rings. The summed E-state index contributed by atoms with van der Waals surface area (Å²) in [6, 6.07) is 7.52. The quantitative estimate of drug-likeness (QED) is 0.409. The van der Waals surface area contributed by atoms with Crippen LogP contribution in [0.1, 0.15) is 83.9 Å². The first-order valence-electron chi connectivity index (χ1n) is 13.7. The predicted molar refractivity (Wildman–Crippen MR) is 146 cm³/mol. The first kappa shape index (κ1) is 23.7. The number of ether oxygens (including phenoxy) is 1. The van der Waals surface area contributed by atoms with Gasteiger partial charge in [-0.05, 0) is 56.2 Å². The fraction of sp³-hybridized carbons (Fsp3) is 0.552. The molecule has 1 aromatic carbocycles. The average Bonchev–Trinajstić information content (AvgIpc) is 3.13. The van der Waals surface area contributed by atoms with Gasteiger partial charge in [0.25, 0.3) is 5.91 Å². The van der Waals surface area contributed by atoms with E-state index in [0.29, 0.717) is 30.3 Å². The Kier molecular flexibility index (Phi) is 6.83. The Morgan fingerprint density at radius 1 is 0.944 bits per heavy atom. The second kappa shape index (κ2) is 10.4. The monoisotopic (exact) mass is 504 g/mol. The summed E-state index contributed by atoms with van der Waals surface area (Å²) < 4.78 is 5.45. The van der Waals surface area contributed by atoms with E-state index in [0.717, 1.165) is 31.2 Å². The van der Waals surface area contributed by atoms with Gasteiger partial charge in [-0.15, -0.1) is 11.3 Å². The van der Waals surface area contributed by atoms with Crippen LogP contribution < -0.4 is 9.64 Å². The van der Waals surface area contributed by atoms with Crippen LogP contribution in [-0.4, -0.2) is 54.1 Å². The van der Waals surface area contributed by atoms with Gasteiger partial charge in [-0.1, -0.05) is 37.8 Å². The lowest BCUT2D eigenvalue weighted by molar-refractivity contribution is 0.0743. The number of aryl methyl sites for hydroxylation is 2. The Balaban J connectivity index is 1.31. The van der Waals surface area contributed by atoms with E-state index in [9.17, 15) is 4.79 Å². The van der Waals surface area contributed by atoms with Crippen molar-refractivity contribution < 1.29 is 9.53 Å². The van der Waals surface area contributed by atoms with Crippen molar-refractivity contribution in [3.05, 3.63) is 46.1 Å². The van der Waals surface area contributed by atoms with Gasteiger partial charge in [-0.25, -0.2) is 9.97 Å². The summed E-state index contributed by atoms with van der Waals surface area (Å²) >= 11 is 1.92. The molecule has 36 heavy (non-hydrogen) atoms. The van der Waals surface area contributed by atoms with Crippen LogP contribution in [0.5, 0.6) is 5.75 Å². The van der Waals surface area contributed by atoms with Gasteiger partial charge in [-0.3, -0.25) is 4.79 Å². The maximum absolute atomic E-state index is 13.3. The molecule has 2 aromatic heterocycles. The van der Waals surface area contributed by atoms with E-state index in [2.05, 4.69) is 4.90 Å². The smallest absolute Gasteiger partial charge is 0.257 e.